The van der Waals surface area contributed by atoms with Crippen LogP contribution in [-0.2, 0) is 0 Å². The quantitative estimate of drug-likeness (QED) is 0.409. The Morgan fingerprint density at radius 3 is 2.75 bits per heavy atom. The molecule has 0 saturated carbocycles. The van der Waals surface area contributed by atoms with Crippen LogP contribution >= 0.6 is 11.6 Å². The maximum Gasteiger partial charge on any atom is 0.175 e. The van der Waals surface area contributed by atoms with Gasteiger partial charge >= 0.3 is 0 Å². The lowest BCUT2D eigenvalue weighted by Crippen LogP contribution is -1.93. The van der Waals surface area contributed by atoms with Gasteiger partial charge in [-0.2, -0.15) is 0 Å². The van der Waals surface area contributed by atoms with Gasteiger partial charge in [-0.15, -0.1) is 0 Å². The fraction of sp³-hybridized carbons (Fsp3) is 0.125. The molecule has 0 bridgehead atoms. The first-order chi connectivity index (χ1) is 5.65. The van der Waals surface area contributed by atoms with Gasteiger partial charge in [-0.1, -0.05) is 16.8 Å². The zero-order valence-electron chi connectivity index (χ0n) is 6.38. The third kappa shape index (κ3) is 1.74. The Labute approximate surface area is 74.3 Å². The van der Waals surface area contributed by atoms with Crippen molar-refractivity contribution >= 4 is 16.8 Å². The second-order valence-electron chi connectivity index (χ2n) is 2.35. The molecule has 1 N–H and O–H groups in total. The lowest BCUT2D eigenvalue weighted by molar-refractivity contribution is 0.321. The van der Waals surface area contributed by atoms with Gasteiger partial charge in [0.2, 0.25) is 0 Å². The Balaban J connectivity index is 3.13. The van der Waals surface area contributed by atoms with Crippen molar-refractivity contribution in [2.45, 2.75) is 6.92 Å². The maximum absolute atomic E-state index is 12.7. The summed E-state index contributed by atoms with van der Waals surface area (Å²) in [5.41, 5.74) is 0.965. The molecule has 0 heterocycles. The topological polar surface area (TPSA) is 32.6 Å². The van der Waals surface area contributed by atoms with Crippen molar-refractivity contribution in [2.75, 3.05) is 0 Å². The van der Waals surface area contributed by atoms with Gasteiger partial charge in [0.15, 0.2) is 5.17 Å². The largest absolute Gasteiger partial charge is 0.410 e. The lowest BCUT2D eigenvalue weighted by Gasteiger charge is -1.98. The summed E-state index contributed by atoms with van der Waals surface area (Å²) in [5.74, 6) is -0.304. The predicted octanol–water partition coefficient (Wildman–Crippen LogP) is 2.51. The van der Waals surface area contributed by atoms with Gasteiger partial charge in [0.25, 0.3) is 0 Å². The molecule has 0 aliphatic carbocycles. The van der Waals surface area contributed by atoms with Gasteiger partial charge in [-0.25, -0.2) is 4.39 Å². The molecule has 0 atom stereocenters. The van der Waals surface area contributed by atoms with E-state index in [-0.39, 0.29) is 11.0 Å². The average Bonchev–Trinajstić information content (AvgIpc) is 2.08. The molecule has 4 heteroatoms. The minimum Gasteiger partial charge on any atom is -0.410 e. The first kappa shape index (κ1) is 9.00. The second kappa shape index (κ2) is 3.54. The van der Waals surface area contributed by atoms with Crippen LogP contribution in [0.1, 0.15) is 11.1 Å². The molecule has 0 aliphatic rings. The highest BCUT2D eigenvalue weighted by Gasteiger charge is 2.02. The zero-order chi connectivity index (χ0) is 9.14. The molecule has 64 valence electrons. The van der Waals surface area contributed by atoms with Crippen LogP contribution in [-0.4, -0.2) is 10.4 Å². The standard InChI is InChI=1S/C8H7ClFNO/c1-5-4-6(8(9)11-12)2-3-7(5)10/h2-4,12H,1H3. The van der Waals surface area contributed by atoms with E-state index in [4.69, 9.17) is 16.8 Å². The van der Waals surface area contributed by atoms with E-state index >= 15 is 0 Å². The van der Waals surface area contributed by atoms with Crippen molar-refractivity contribution in [1.29, 1.82) is 0 Å². The number of aryl methyl sites for hydroxylation is 1. The van der Waals surface area contributed by atoms with Crippen LogP contribution < -0.4 is 0 Å². The third-order valence-corrected chi connectivity index (χ3v) is 1.78. The highest BCUT2D eigenvalue weighted by atomic mass is 35.5. The van der Waals surface area contributed by atoms with Crippen LogP contribution in [0, 0.1) is 12.7 Å². The molecule has 0 aliphatic heterocycles. The average molecular weight is 188 g/mol. The fourth-order valence-corrected chi connectivity index (χ4v) is 0.948. The first-order valence-corrected chi connectivity index (χ1v) is 3.67. The molecule has 0 spiro atoms. The Kier molecular flexibility index (Phi) is 2.65. The first-order valence-electron chi connectivity index (χ1n) is 3.29. The van der Waals surface area contributed by atoms with Gasteiger partial charge < -0.3 is 5.21 Å². The molecular formula is C8H7ClFNO. The van der Waals surface area contributed by atoms with Crippen LogP contribution in [0.4, 0.5) is 4.39 Å². The van der Waals surface area contributed by atoms with Gasteiger partial charge in [0.05, 0.1) is 0 Å². The Hall–Kier alpha value is -1.09. The summed E-state index contributed by atoms with van der Waals surface area (Å²) in [6, 6.07) is 4.24. The van der Waals surface area contributed by atoms with Gasteiger partial charge in [-0.05, 0) is 30.7 Å². The predicted molar refractivity (Wildman–Crippen MR) is 45.3 cm³/mol. The Bertz CT molecular complexity index is 325. The summed E-state index contributed by atoms with van der Waals surface area (Å²) in [6.07, 6.45) is 0. The van der Waals surface area contributed by atoms with Crippen LogP contribution in [0.2, 0.25) is 0 Å². The molecule has 0 unspecified atom stereocenters. The molecule has 2 nitrogen and oxygen atoms in total. The van der Waals surface area contributed by atoms with E-state index in [0.717, 1.165) is 0 Å². The number of rotatable bonds is 1. The van der Waals surface area contributed by atoms with E-state index in [1.807, 2.05) is 0 Å². The molecule has 0 amide bonds. The molecule has 0 fully saturated rings. The van der Waals surface area contributed by atoms with Crippen LogP contribution in [0.3, 0.4) is 0 Å². The highest BCUT2D eigenvalue weighted by Crippen LogP contribution is 2.11. The molecule has 1 aromatic carbocycles. The molecular weight excluding hydrogens is 181 g/mol. The van der Waals surface area contributed by atoms with E-state index < -0.39 is 0 Å². The van der Waals surface area contributed by atoms with Gasteiger partial charge in [0, 0.05) is 5.56 Å². The fourth-order valence-electron chi connectivity index (χ4n) is 0.831. The number of halogens is 2. The van der Waals surface area contributed by atoms with Crippen LogP contribution in [0.15, 0.2) is 23.4 Å². The minimum atomic E-state index is -0.304. The molecule has 12 heavy (non-hydrogen) atoms. The van der Waals surface area contributed by atoms with Crippen molar-refractivity contribution < 1.29 is 9.60 Å². The zero-order valence-corrected chi connectivity index (χ0v) is 7.14. The van der Waals surface area contributed by atoms with Crippen LogP contribution in [0.5, 0.6) is 0 Å². The summed E-state index contributed by atoms with van der Waals surface area (Å²) in [4.78, 5) is 0. The van der Waals surface area contributed by atoms with E-state index in [1.54, 1.807) is 6.92 Å². The summed E-state index contributed by atoms with van der Waals surface area (Å²) < 4.78 is 12.7. The summed E-state index contributed by atoms with van der Waals surface area (Å²) in [6.45, 7) is 1.61. The lowest BCUT2D eigenvalue weighted by atomic mass is 10.1. The molecule has 1 aromatic rings. The number of benzene rings is 1. The number of hydrogen-bond acceptors (Lipinski definition) is 2. The SMILES string of the molecule is Cc1cc(C(Cl)=NO)ccc1F. The third-order valence-electron chi connectivity index (χ3n) is 1.48. The Morgan fingerprint density at radius 1 is 1.58 bits per heavy atom. The summed E-state index contributed by atoms with van der Waals surface area (Å²) in [7, 11) is 0. The highest BCUT2D eigenvalue weighted by molar-refractivity contribution is 6.69. The van der Waals surface area contributed by atoms with Gasteiger partial charge in [0.1, 0.15) is 5.82 Å². The van der Waals surface area contributed by atoms with Crippen LogP contribution in [0.25, 0.3) is 0 Å². The number of oxime groups is 1. The van der Waals surface area contributed by atoms with Gasteiger partial charge in [-0.3, -0.25) is 0 Å². The molecule has 0 aromatic heterocycles. The van der Waals surface area contributed by atoms with Crippen molar-refractivity contribution in [2.24, 2.45) is 5.16 Å². The number of nitrogens with zero attached hydrogens (tertiary/aromatic N) is 1. The monoisotopic (exact) mass is 187 g/mol. The normalized spacial score (nSPS) is 11.8. The summed E-state index contributed by atoms with van der Waals surface area (Å²) in [5, 5.41) is 11.1. The van der Waals surface area contributed by atoms with Crippen molar-refractivity contribution in [3.63, 3.8) is 0 Å². The van der Waals surface area contributed by atoms with Crippen molar-refractivity contribution in [1.82, 2.24) is 0 Å². The molecule has 0 saturated heterocycles. The van der Waals surface area contributed by atoms with E-state index in [9.17, 15) is 4.39 Å². The van der Waals surface area contributed by atoms with E-state index in [1.165, 1.54) is 18.2 Å². The molecule has 1 rings (SSSR count). The van der Waals surface area contributed by atoms with Crippen molar-refractivity contribution in [3.8, 4) is 0 Å². The van der Waals surface area contributed by atoms with E-state index in [2.05, 4.69) is 5.16 Å². The minimum absolute atomic E-state index is 0.0434. The second-order valence-corrected chi connectivity index (χ2v) is 2.71. The summed E-state index contributed by atoms with van der Waals surface area (Å²) >= 11 is 5.49. The Morgan fingerprint density at radius 2 is 2.25 bits per heavy atom. The molecule has 0 radical (unpaired) electrons. The smallest absolute Gasteiger partial charge is 0.175 e. The van der Waals surface area contributed by atoms with Crippen molar-refractivity contribution in [3.05, 3.63) is 35.1 Å². The number of hydrogen-bond donors (Lipinski definition) is 1. The van der Waals surface area contributed by atoms with E-state index in [0.29, 0.717) is 11.1 Å². The maximum atomic E-state index is 12.7.